The van der Waals surface area contributed by atoms with Crippen LogP contribution in [0, 0.1) is 6.92 Å². The third-order valence-electron chi connectivity index (χ3n) is 2.59. The Morgan fingerprint density at radius 3 is 2.61 bits per heavy atom. The monoisotopic (exact) mass is 243 g/mol. The maximum atomic E-state index is 11.8. The van der Waals surface area contributed by atoms with E-state index in [0.717, 1.165) is 5.56 Å². The molecule has 0 aliphatic heterocycles. The third kappa shape index (κ3) is 2.45. The molecule has 5 nitrogen and oxygen atoms in total. The number of H-pyrrole nitrogens is 1. The van der Waals surface area contributed by atoms with Gasteiger partial charge in [0.05, 0.1) is 12.1 Å². The normalized spacial score (nSPS) is 10.3. The van der Waals surface area contributed by atoms with E-state index in [1.165, 1.54) is 0 Å². The van der Waals surface area contributed by atoms with Crippen molar-refractivity contribution < 1.29 is 4.79 Å². The molecule has 2 rings (SSSR count). The van der Waals surface area contributed by atoms with Gasteiger partial charge in [-0.15, -0.1) is 0 Å². The van der Waals surface area contributed by atoms with Crippen LogP contribution in [0.5, 0.6) is 0 Å². The van der Waals surface area contributed by atoms with Gasteiger partial charge in [0.15, 0.2) is 0 Å². The highest BCUT2D eigenvalue weighted by Crippen LogP contribution is 2.18. The smallest absolute Gasteiger partial charge is 0.254 e. The van der Waals surface area contributed by atoms with Crippen LogP contribution in [0.15, 0.2) is 35.1 Å². The zero-order valence-corrected chi connectivity index (χ0v) is 9.93. The van der Waals surface area contributed by atoms with E-state index in [0.29, 0.717) is 11.3 Å². The topological polar surface area (TPSA) is 88.8 Å². The molecule has 2 aromatic rings. The van der Waals surface area contributed by atoms with Crippen LogP contribution in [-0.2, 0) is 11.2 Å². The summed E-state index contributed by atoms with van der Waals surface area (Å²) in [4.78, 5) is 29.5. The van der Waals surface area contributed by atoms with Gasteiger partial charge in [-0.1, -0.05) is 30.3 Å². The van der Waals surface area contributed by atoms with Gasteiger partial charge in [0.2, 0.25) is 5.91 Å². The van der Waals surface area contributed by atoms with Crippen LogP contribution in [0.1, 0.15) is 11.4 Å². The highest BCUT2D eigenvalue weighted by atomic mass is 16.1. The maximum absolute atomic E-state index is 11.8. The zero-order valence-electron chi connectivity index (χ0n) is 9.93. The second-order valence-electron chi connectivity index (χ2n) is 4.00. The van der Waals surface area contributed by atoms with Crippen molar-refractivity contribution in [3.8, 4) is 11.3 Å². The minimum atomic E-state index is -0.527. The standard InChI is InChI=1S/C13H13N3O2/c1-8-12(9-5-3-2-4-6-9)15-11(7-10(14)17)16-13(8)18/h2-6H,7H2,1H3,(H2,14,17)(H,15,16,18). The Labute approximate surface area is 104 Å². The fourth-order valence-electron chi connectivity index (χ4n) is 1.70. The molecule has 0 spiro atoms. The molecule has 5 heteroatoms. The number of carbonyl (C=O) groups is 1. The summed E-state index contributed by atoms with van der Waals surface area (Å²) in [6.45, 7) is 1.70. The first-order valence-corrected chi connectivity index (χ1v) is 5.51. The average molecular weight is 243 g/mol. The van der Waals surface area contributed by atoms with Crippen LogP contribution in [0.2, 0.25) is 0 Å². The Bertz CT molecular complexity index is 632. The molecule has 18 heavy (non-hydrogen) atoms. The molecule has 0 unspecified atom stereocenters. The number of benzene rings is 1. The van der Waals surface area contributed by atoms with Crippen LogP contribution in [0.4, 0.5) is 0 Å². The Hall–Kier alpha value is -2.43. The van der Waals surface area contributed by atoms with Crippen LogP contribution < -0.4 is 11.3 Å². The quantitative estimate of drug-likeness (QED) is 0.834. The van der Waals surface area contributed by atoms with E-state index in [-0.39, 0.29) is 17.8 Å². The number of amides is 1. The summed E-state index contributed by atoms with van der Waals surface area (Å²) in [6.07, 6.45) is -0.0741. The predicted molar refractivity (Wildman–Crippen MR) is 67.9 cm³/mol. The second kappa shape index (κ2) is 4.83. The molecule has 0 aliphatic rings. The number of nitrogens with zero attached hydrogens (tertiary/aromatic N) is 1. The van der Waals surface area contributed by atoms with E-state index in [2.05, 4.69) is 9.97 Å². The number of nitrogens with one attached hydrogen (secondary N) is 1. The summed E-state index contributed by atoms with van der Waals surface area (Å²) < 4.78 is 0. The first-order chi connectivity index (χ1) is 8.58. The maximum Gasteiger partial charge on any atom is 0.254 e. The molecule has 1 heterocycles. The molecule has 1 aromatic carbocycles. The van der Waals surface area contributed by atoms with Crippen LogP contribution in [-0.4, -0.2) is 15.9 Å². The van der Waals surface area contributed by atoms with Crippen molar-refractivity contribution in [2.24, 2.45) is 5.73 Å². The largest absolute Gasteiger partial charge is 0.369 e. The minimum Gasteiger partial charge on any atom is -0.369 e. The number of hydrogen-bond donors (Lipinski definition) is 2. The van der Waals surface area contributed by atoms with E-state index in [4.69, 9.17) is 5.73 Å². The molecule has 1 amide bonds. The summed E-state index contributed by atoms with van der Waals surface area (Å²) in [6, 6.07) is 9.35. The molecule has 0 bridgehead atoms. The molecule has 0 aliphatic carbocycles. The van der Waals surface area contributed by atoms with Gasteiger partial charge in [0, 0.05) is 11.1 Å². The molecular formula is C13H13N3O2. The fourth-order valence-corrected chi connectivity index (χ4v) is 1.70. The SMILES string of the molecule is Cc1c(-c2ccccc2)nc(CC(N)=O)[nH]c1=O. The lowest BCUT2D eigenvalue weighted by Gasteiger charge is -2.06. The Morgan fingerprint density at radius 2 is 2.00 bits per heavy atom. The van der Waals surface area contributed by atoms with Gasteiger partial charge in [-0.3, -0.25) is 9.59 Å². The third-order valence-corrected chi connectivity index (χ3v) is 2.59. The van der Waals surface area contributed by atoms with Crippen LogP contribution >= 0.6 is 0 Å². The van der Waals surface area contributed by atoms with Crippen molar-refractivity contribution in [1.29, 1.82) is 0 Å². The van der Waals surface area contributed by atoms with Crippen LogP contribution in [0.3, 0.4) is 0 Å². The zero-order chi connectivity index (χ0) is 13.1. The molecule has 92 valence electrons. The molecule has 0 saturated heterocycles. The van der Waals surface area contributed by atoms with Crippen molar-refractivity contribution in [2.45, 2.75) is 13.3 Å². The van der Waals surface area contributed by atoms with E-state index in [9.17, 15) is 9.59 Å². The van der Waals surface area contributed by atoms with Gasteiger partial charge in [-0.2, -0.15) is 0 Å². The number of hydrogen-bond acceptors (Lipinski definition) is 3. The number of carbonyl (C=O) groups excluding carboxylic acids is 1. The summed E-state index contributed by atoms with van der Waals surface area (Å²) >= 11 is 0. The first-order valence-electron chi connectivity index (χ1n) is 5.51. The lowest BCUT2D eigenvalue weighted by molar-refractivity contribution is -0.117. The van der Waals surface area contributed by atoms with Crippen molar-refractivity contribution in [1.82, 2.24) is 9.97 Å². The van der Waals surface area contributed by atoms with Crippen molar-refractivity contribution >= 4 is 5.91 Å². The second-order valence-corrected chi connectivity index (χ2v) is 4.00. The molecule has 3 N–H and O–H groups in total. The summed E-state index contributed by atoms with van der Waals surface area (Å²) in [5.74, 6) is -0.238. The van der Waals surface area contributed by atoms with Gasteiger partial charge in [0.1, 0.15) is 5.82 Å². The first kappa shape index (κ1) is 12.0. The number of rotatable bonds is 3. The van der Waals surface area contributed by atoms with Gasteiger partial charge < -0.3 is 10.7 Å². The van der Waals surface area contributed by atoms with Gasteiger partial charge >= 0.3 is 0 Å². The molecule has 0 fully saturated rings. The fraction of sp³-hybridized carbons (Fsp3) is 0.154. The number of aromatic amines is 1. The minimum absolute atomic E-state index is 0.0741. The summed E-state index contributed by atoms with van der Waals surface area (Å²) in [5.41, 5.74) is 6.79. The average Bonchev–Trinajstić information content (AvgIpc) is 2.34. The molecule has 0 radical (unpaired) electrons. The highest BCUT2D eigenvalue weighted by molar-refractivity contribution is 5.76. The molecule has 0 saturated carbocycles. The van der Waals surface area contributed by atoms with E-state index in [1.54, 1.807) is 6.92 Å². The number of aromatic nitrogens is 2. The number of primary amides is 1. The van der Waals surface area contributed by atoms with E-state index >= 15 is 0 Å². The van der Waals surface area contributed by atoms with Gasteiger partial charge in [0.25, 0.3) is 5.56 Å². The summed E-state index contributed by atoms with van der Waals surface area (Å²) in [5, 5.41) is 0. The molecule has 1 aromatic heterocycles. The Balaban J connectivity index is 2.56. The van der Waals surface area contributed by atoms with Crippen molar-refractivity contribution in [3.05, 3.63) is 52.1 Å². The molecular weight excluding hydrogens is 230 g/mol. The van der Waals surface area contributed by atoms with Gasteiger partial charge in [-0.25, -0.2) is 4.98 Å². The lowest BCUT2D eigenvalue weighted by Crippen LogP contribution is -2.21. The Kier molecular flexibility index (Phi) is 3.23. The molecule has 0 atom stereocenters. The number of nitrogens with two attached hydrogens (primary N) is 1. The predicted octanol–water partition coefficient (Wildman–Crippen LogP) is 0.773. The van der Waals surface area contributed by atoms with Crippen molar-refractivity contribution in [3.63, 3.8) is 0 Å². The van der Waals surface area contributed by atoms with E-state index in [1.807, 2.05) is 30.3 Å². The highest BCUT2D eigenvalue weighted by Gasteiger charge is 2.10. The van der Waals surface area contributed by atoms with Crippen molar-refractivity contribution in [2.75, 3.05) is 0 Å². The lowest BCUT2D eigenvalue weighted by atomic mass is 10.1. The summed E-state index contributed by atoms with van der Waals surface area (Å²) in [7, 11) is 0. The van der Waals surface area contributed by atoms with E-state index < -0.39 is 5.91 Å². The van der Waals surface area contributed by atoms with Crippen LogP contribution in [0.25, 0.3) is 11.3 Å². The Morgan fingerprint density at radius 1 is 1.33 bits per heavy atom. The van der Waals surface area contributed by atoms with Gasteiger partial charge in [-0.05, 0) is 6.92 Å².